The predicted molar refractivity (Wildman–Crippen MR) is 60.5 cm³/mol. The van der Waals surface area contributed by atoms with Gasteiger partial charge in [-0.25, -0.2) is 0 Å². The Bertz CT molecular complexity index is 289. The van der Waals surface area contributed by atoms with E-state index >= 15 is 0 Å². The molecule has 1 N–H and O–H groups in total. The minimum Gasteiger partial charge on any atom is -0.393 e. The molecule has 0 radical (unpaired) electrons. The van der Waals surface area contributed by atoms with Gasteiger partial charge in [0.2, 0.25) is 0 Å². The monoisotopic (exact) mass is 192 g/mol. The molecule has 78 valence electrons. The zero-order chi connectivity index (χ0) is 10.6. The van der Waals surface area contributed by atoms with Crippen LogP contribution in [-0.4, -0.2) is 11.2 Å². The van der Waals surface area contributed by atoms with Crippen LogP contribution in [0.1, 0.15) is 36.5 Å². The Morgan fingerprint density at radius 1 is 1.29 bits per heavy atom. The average Bonchev–Trinajstić information content (AvgIpc) is 2.10. The molecule has 1 aromatic carbocycles. The molecule has 0 saturated carbocycles. The van der Waals surface area contributed by atoms with Gasteiger partial charge in [0.05, 0.1) is 6.10 Å². The summed E-state index contributed by atoms with van der Waals surface area (Å²) in [6.07, 6.45) is 2.88. The fraction of sp³-hybridized carbons (Fsp3) is 0.538. The summed E-state index contributed by atoms with van der Waals surface area (Å²) in [4.78, 5) is 0. The van der Waals surface area contributed by atoms with E-state index in [2.05, 4.69) is 32.0 Å². The molecule has 1 atom stereocenters. The molecule has 0 amide bonds. The smallest absolute Gasteiger partial charge is 0.0512 e. The van der Waals surface area contributed by atoms with E-state index in [-0.39, 0.29) is 6.10 Å². The molecule has 1 unspecified atom stereocenters. The highest BCUT2D eigenvalue weighted by molar-refractivity contribution is 5.30. The van der Waals surface area contributed by atoms with Crippen molar-refractivity contribution in [1.82, 2.24) is 0 Å². The molecule has 0 spiro atoms. The summed E-state index contributed by atoms with van der Waals surface area (Å²) in [6, 6.07) is 6.57. The lowest BCUT2D eigenvalue weighted by Gasteiger charge is -2.08. The van der Waals surface area contributed by atoms with Gasteiger partial charge in [0.15, 0.2) is 0 Å². The van der Waals surface area contributed by atoms with E-state index in [0.29, 0.717) is 0 Å². The summed E-state index contributed by atoms with van der Waals surface area (Å²) in [6.45, 7) is 6.12. The van der Waals surface area contributed by atoms with Crippen molar-refractivity contribution in [2.45, 2.75) is 46.1 Å². The van der Waals surface area contributed by atoms with Crippen molar-refractivity contribution in [3.63, 3.8) is 0 Å². The van der Waals surface area contributed by atoms with Gasteiger partial charge in [-0.15, -0.1) is 0 Å². The van der Waals surface area contributed by atoms with Crippen molar-refractivity contribution >= 4 is 0 Å². The number of aliphatic hydroxyl groups is 1. The molecule has 14 heavy (non-hydrogen) atoms. The molecule has 1 aromatic rings. The second-order valence-corrected chi connectivity index (χ2v) is 4.17. The van der Waals surface area contributed by atoms with E-state index in [1.54, 1.807) is 0 Å². The Hall–Kier alpha value is -0.820. The second kappa shape index (κ2) is 5.16. The van der Waals surface area contributed by atoms with E-state index in [9.17, 15) is 0 Å². The van der Waals surface area contributed by atoms with Crippen LogP contribution in [-0.2, 0) is 6.42 Å². The van der Waals surface area contributed by atoms with Crippen LogP contribution >= 0.6 is 0 Å². The normalized spacial score (nSPS) is 12.9. The van der Waals surface area contributed by atoms with E-state index in [1.165, 1.54) is 16.7 Å². The minimum absolute atomic E-state index is 0.167. The molecule has 0 aliphatic rings. The zero-order valence-electron chi connectivity index (χ0n) is 9.38. The third kappa shape index (κ3) is 3.51. The van der Waals surface area contributed by atoms with Crippen LogP contribution in [0.2, 0.25) is 0 Å². The summed E-state index contributed by atoms with van der Waals surface area (Å²) >= 11 is 0. The van der Waals surface area contributed by atoms with Crippen molar-refractivity contribution in [1.29, 1.82) is 0 Å². The number of hydrogen-bond acceptors (Lipinski definition) is 1. The third-order valence-electron chi connectivity index (χ3n) is 2.57. The topological polar surface area (TPSA) is 20.2 Å². The first kappa shape index (κ1) is 11.3. The van der Waals surface area contributed by atoms with Gasteiger partial charge >= 0.3 is 0 Å². The second-order valence-electron chi connectivity index (χ2n) is 4.17. The van der Waals surface area contributed by atoms with E-state index in [1.807, 2.05) is 6.92 Å². The van der Waals surface area contributed by atoms with Gasteiger partial charge < -0.3 is 5.11 Å². The van der Waals surface area contributed by atoms with Crippen LogP contribution in [0.3, 0.4) is 0 Å². The Kier molecular flexibility index (Phi) is 4.15. The molecule has 0 heterocycles. The van der Waals surface area contributed by atoms with Gasteiger partial charge in [-0.1, -0.05) is 23.8 Å². The Morgan fingerprint density at radius 2 is 2.00 bits per heavy atom. The van der Waals surface area contributed by atoms with Crippen LogP contribution in [0, 0.1) is 13.8 Å². The van der Waals surface area contributed by atoms with Gasteiger partial charge in [-0.2, -0.15) is 0 Å². The number of aliphatic hydroxyl groups excluding tert-OH is 1. The molecule has 0 aromatic heterocycles. The number of rotatable bonds is 4. The van der Waals surface area contributed by atoms with E-state index in [0.717, 1.165) is 19.3 Å². The Labute approximate surface area is 86.8 Å². The quantitative estimate of drug-likeness (QED) is 0.777. The van der Waals surface area contributed by atoms with Crippen LogP contribution in [0.15, 0.2) is 18.2 Å². The largest absolute Gasteiger partial charge is 0.393 e. The van der Waals surface area contributed by atoms with E-state index in [4.69, 9.17) is 5.11 Å². The minimum atomic E-state index is -0.167. The molecule has 0 aliphatic heterocycles. The van der Waals surface area contributed by atoms with Crippen LogP contribution in [0.5, 0.6) is 0 Å². The molecule has 0 saturated heterocycles. The van der Waals surface area contributed by atoms with Gasteiger partial charge in [0.25, 0.3) is 0 Å². The number of hydrogen-bond donors (Lipinski definition) is 1. The maximum Gasteiger partial charge on any atom is 0.0512 e. The Balaban J connectivity index is 2.53. The highest BCUT2D eigenvalue weighted by atomic mass is 16.3. The number of benzene rings is 1. The molecular formula is C13H20O. The molecule has 0 bridgehead atoms. The van der Waals surface area contributed by atoms with Crippen LogP contribution in [0.4, 0.5) is 0 Å². The third-order valence-corrected chi connectivity index (χ3v) is 2.57. The van der Waals surface area contributed by atoms with Gasteiger partial charge in [-0.3, -0.25) is 0 Å². The molecular weight excluding hydrogens is 172 g/mol. The van der Waals surface area contributed by atoms with Crippen molar-refractivity contribution in [3.05, 3.63) is 34.9 Å². The fourth-order valence-corrected chi connectivity index (χ4v) is 1.66. The van der Waals surface area contributed by atoms with Gasteiger partial charge in [0.1, 0.15) is 0 Å². The van der Waals surface area contributed by atoms with E-state index < -0.39 is 0 Å². The number of aryl methyl sites for hydroxylation is 3. The van der Waals surface area contributed by atoms with Crippen molar-refractivity contribution in [3.8, 4) is 0 Å². The van der Waals surface area contributed by atoms with Crippen molar-refractivity contribution in [2.24, 2.45) is 0 Å². The first-order chi connectivity index (χ1) is 6.59. The summed E-state index contributed by atoms with van der Waals surface area (Å²) in [5.74, 6) is 0. The molecule has 1 heteroatoms. The lowest BCUT2D eigenvalue weighted by molar-refractivity contribution is 0.181. The van der Waals surface area contributed by atoms with Crippen LogP contribution in [0.25, 0.3) is 0 Å². The fourth-order valence-electron chi connectivity index (χ4n) is 1.66. The average molecular weight is 192 g/mol. The summed E-state index contributed by atoms with van der Waals surface area (Å²) in [5.41, 5.74) is 4.11. The maximum absolute atomic E-state index is 9.15. The van der Waals surface area contributed by atoms with Crippen molar-refractivity contribution < 1.29 is 5.11 Å². The predicted octanol–water partition coefficient (Wildman–Crippen LogP) is 3.01. The first-order valence-electron chi connectivity index (χ1n) is 5.34. The first-order valence-corrected chi connectivity index (χ1v) is 5.34. The Morgan fingerprint density at radius 3 is 2.64 bits per heavy atom. The van der Waals surface area contributed by atoms with Gasteiger partial charge in [-0.05, 0) is 51.2 Å². The standard InChI is InChI=1S/C13H20O/c1-10-7-8-11(2)13(9-10)6-4-5-12(3)14/h7-9,12,14H,4-6H2,1-3H3. The maximum atomic E-state index is 9.15. The zero-order valence-corrected chi connectivity index (χ0v) is 9.38. The summed E-state index contributed by atoms with van der Waals surface area (Å²) < 4.78 is 0. The van der Waals surface area contributed by atoms with Crippen LogP contribution < -0.4 is 0 Å². The SMILES string of the molecule is Cc1ccc(C)c(CCCC(C)O)c1. The van der Waals surface area contributed by atoms with Gasteiger partial charge in [0, 0.05) is 0 Å². The molecule has 1 rings (SSSR count). The lowest BCUT2D eigenvalue weighted by atomic mass is 10.00. The molecule has 0 aliphatic carbocycles. The molecule has 0 fully saturated rings. The highest BCUT2D eigenvalue weighted by Crippen LogP contribution is 2.14. The highest BCUT2D eigenvalue weighted by Gasteiger charge is 2.00. The van der Waals surface area contributed by atoms with Crippen molar-refractivity contribution in [2.75, 3.05) is 0 Å². The summed E-state index contributed by atoms with van der Waals surface area (Å²) in [5, 5.41) is 9.15. The molecule has 1 nitrogen and oxygen atoms in total. The lowest BCUT2D eigenvalue weighted by Crippen LogP contribution is -2.00. The summed E-state index contributed by atoms with van der Waals surface area (Å²) in [7, 11) is 0.